The molecule has 144 valence electrons. The van der Waals surface area contributed by atoms with Crippen molar-refractivity contribution in [1.29, 1.82) is 0 Å². The van der Waals surface area contributed by atoms with Crippen LogP contribution in [0.2, 0.25) is 0 Å². The highest BCUT2D eigenvalue weighted by Gasteiger charge is 2.13. The summed E-state index contributed by atoms with van der Waals surface area (Å²) in [5, 5.41) is 10.0. The van der Waals surface area contributed by atoms with Crippen molar-refractivity contribution in [3.63, 3.8) is 0 Å². The molecule has 0 spiro atoms. The van der Waals surface area contributed by atoms with E-state index in [-0.39, 0.29) is 11.5 Å². The number of rotatable bonds is 8. The van der Waals surface area contributed by atoms with E-state index in [1.54, 1.807) is 37.3 Å². The minimum atomic E-state index is -1.05. The van der Waals surface area contributed by atoms with E-state index in [0.717, 1.165) is 22.8 Å². The number of ether oxygens (including phenoxy) is 2. The lowest BCUT2D eigenvalue weighted by Crippen LogP contribution is -2.14. The van der Waals surface area contributed by atoms with Crippen molar-refractivity contribution in [1.82, 2.24) is 9.97 Å². The largest absolute Gasteiger partial charge is 0.482 e. The van der Waals surface area contributed by atoms with Gasteiger partial charge in [0.2, 0.25) is 0 Å². The van der Waals surface area contributed by atoms with E-state index in [2.05, 4.69) is 9.97 Å². The molecule has 0 unspecified atom stereocenters. The Morgan fingerprint density at radius 3 is 2.61 bits per heavy atom. The van der Waals surface area contributed by atoms with Crippen LogP contribution in [0.4, 0.5) is 0 Å². The van der Waals surface area contributed by atoms with Crippen LogP contribution in [-0.2, 0) is 14.3 Å². The van der Waals surface area contributed by atoms with Crippen LogP contribution in [0.15, 0.2) is 58.6 Å². The van der Waals surface area contributed by atoms with Crippen LogP contribution >= 0.6 is 11.8 Å². The van der Waals surface area contributed by atoms with Gasteiger partial charge in [0, 0.05) is 0 Å². The standard InChI is InChI=1S/C20H18N2O5S/c1-2-26-18(23)12-27-14-9-7-13(8-10-14)11-17(19(24)25)28-20-21-15-5-3-4-6-16(15)22-20/h3-11H,2,12H2,1H3,(H,21,22)(H,24,25)/b17-11-. The average molecular weight is 398 g/mol. The number of aliphatic carboxylic acids is 1. The summed E-state index contributed by atoms with van der Waals surface area (Å²) in [7, 11) is 0. The summed E-state index contributed by atoms with van der Waals surface area (Å²) in [6.45, 7) is 1.85. The number of para-hydroxylation sites is 2. The average Bonchev–Trinajstić information content (AvgIpc) is 3.09. The Hall–Kier alpha value is -3.26. The van der Waals surface area contributed by atoms with Gasteiger partial charge in [0.15, 0.2) is 11.8 Å². The molecule has 3 rings (SSSR count). The number of thioether (sulfide) groups is 1. The first-order valence-corrected chi connectivity index (χ1v) is 9.33. The predicted molar refractivity (Wildman–Crippen MR) is 106 cm³/mol. The number of benzene rings is 2. The molecule has 0 saturated carbocycles. The molecule has 0 radical (unpaired) electrons. The number of hydrogen-bond acceptors (Lipinski definition) is 6. The van der Waals surface area contributed by atoms with Crippen LogP contribution in [-0.4, -0.2) is 40.2 Å². The Morgan fingerprint density at radius 2 is 1.93 bits per heavy atom. The fourth-order valence-electron chi connectivity index (χ4n) is 2.37. The van der Waals surface area contributed by atoms with Gasteiger partial charge < -0.3 is 19.6 Å². The molecule has 28 heavy (non-hydrogen) atoms. The number of aromatic nitrogens is 2. The first kappa shape index (κ1) is 19.5. The quantitative estimate of drug-likeness (QED) is 0.339. The van der Waals surface area contributed by atoms with Gasteiger partial charge in [-0.25, -0.2) is 14.6 Å². The van der Waals surface area contributed by atoms with Gasteiger partial charge in [0.05, 0.1) is 17.6 Å². The van der Waals surface area contributed by atoms with Crippen molar-refractivity contribution in [3.05, 3.63) is 59.0 Å². The SMILES string of the molecule is CCOC(=O)COc1ccc(/C=C(\Sc2nc3ccccc3[nH]2)C(=O)O)cc1. The fourth-order valence-corrected chi connectivity index (χ4v) is 3.17. The number of carboxylic acid groups (broad SMARTS) is 1. The van der Waals surface area contributed by atoms with E-state index in [0.29, 0.717) is 23.1 Å². The summed E-state index contributed by atoms with van der Waals surface area (Å²) >= 11 is 1.04. The number of hydrogen-bond donors (Lipinski definition) is 2. The molecule has 7 nitrogen and oxygen atoms in total. The van der Waals surface area contributed by atoms with Gasteiger partial charge in [0.1, 0.15) is 10.7 Å². The molecular formula is C20H18N2O5S. The third-order valence-corrected chi connectivity index (χ3v) is 4.52. The molecule has 0 saturated heterocycles. The minimum Gasteiger partial charge on any atom is -0.482 e. The van der Waals surface area contributed by atoms with Gasteiger partial charge in [-0.15, -0.1) is 0 Å². The normalized spacial score (nSPS) is 11.4. The Balaban J connectivity index is 1.71. The highest BCUT2D eigenvalue weighted by atomic mass is 32.2. The number of nitrogens with one attached hydrogen (secondary N) is 1. The van der Waals surface area contributed by atoms with E-state index < -0.39 is 11.9 Å². The number of carboxylic acids is 1. The van der Waals surface area contributed by atoms with E-state index >= 15 is 0 Å². The van der Waals surface area contributed by atoms with Crippen LogP contribution in [0.1, 0.15) is 12.5 Å². The second-order valence-corrected chi connectivity index (χ2v) is 6.67. The molecule has 0 aliphatic carbocycles. The summed E-state index contributed by atoms with van der Waals surface area (Å²) in [6.07, 6.45) is 1.55. The van der Waals surface area contributed by atoms with E-state index in [4.69, 9.17) is 9.47 Å². The van der Waals surface area contributed by atoms with Crippen LogP contribution < -0.4 is 4.74 Å². The Bertz CT molecular complexity index is 978. The van der Waals surface area contributed by atoms with Gasteiger partial charge in [-0.1, -0.05) is 24.3 Å². The molecule has 0 fully saturated rings. The maximum atomic E-state index is 11.6. The van der Waals surface area contributed by atoms with Crippen molar-refractivity contribution in [2.24, 2.45) is 0 Å². The van der Waals surface area contributed by atoms with Crippen LogP contribution in [0, 0.1) is 0 Å². The third kappa shape index (κ3) is 5.14. The second kappa shape index (κ2) is 9.09. The number of fused-ring (bicyclic) bond motifs is 1. The molecule has 0 atom stereocenters. The summed E-state index contributed by atoms with van der Waals surface area (Å²) < 4.78 is 10.1. The van der Waals surface area contributed by atoms with Gasteiger partial charge >= 0.3 is 11.9 Å². The summed E-state index contributed by atoms with van der Waals surface area (Å²) in [6, 6.07) is 14.2. The molecular weight excluding hydrogens is 380 g/mol. The lowest BCUT2D eigenvalue weighted by Gasteiger charge is -2.06. The Kier molecular flexibility index (Phi) is 6.33. The maximum absolute atomic E-state index is 11.6. The first-order valence-electron chi connectivity index (χ1n) is 8.51. The highest BCUT2D eigenvalue weighted by molar-refractivity contribution is 8.04. The highest BCUT2D eigenvalue weighted by Crippen LogP contribution is 2.28. The smallest absolute Gasteiger partial charge is 0.344 e. The number of aromatic amines is 1. The van der Waals surface area contributed by atoms with Crippen molar-refractivity contribution in [2.75, 3.05) is 13.2 Å². The molecule has 0 aliphatic rings. The lowest BCUT2D eigenvalue weighted by atomic mass is 10.2. The van der Waals surface area contributed by atoms with Gasteiger partial charge in [-0.3, -0.25) is 0 Å². The fraction of sp³-hybridized carbons (Fsp3) is 0.150. The van der Waals surface area contributed by atoms with Crippen molar-refractivity contribution < 1.29 is 24.2 Å². The number of H-pyrrole nitrogens is 1. The number of carbonyl (C=O) groups excluding carboxylic acids is 1. The van der Waals surface area contributed by atoms with Gasteiger partial charge in [-0.05, 0) is 54.6 Å². The van der Waals surface area contributed by atoms with E-state index in [1.165, 1.54) is 0 Å². The topological polar surface area (TPSA) is 102 Å². The van der Waals surface area contributed by atoms with Gasteiger partial charge in [-0.2, -0.15) is 0 Å². The van der Waals surface area contributed by atoms with E-state index in [9.17, 15) is 14.7 Å². The van der Waals surface area contributed by atoms with Crippen molar-refractivity contribution >= 4 is 40.8 Å². The summed E-state index contributed by atoms with van der Waals surface area (Å²) in [5.74, 6) is -0.998. The zero-order valence-electron chi connectivity index (χ0n) is 15.0. The summed E-state index contributed by atoms with van der Waals surface area (Å²) in [5.41, 5.74) is 2.31. The lowest BCUT2D eigenvalue weighted by molar-refractivity contribution is -0.145. The zero-order valence-corrected chi connectivity index (χ0v) is 15.9. The first-order chi connectivity index (χ1) is 13.5. The number of nitrogens with zero attached hydrogens (tertiary/aromatic N) is 1. The van der Waals surface area contributed by atoms with Crippen molar-refractivity contribution in [2.45, 2.75) is 12.1 Å². The summed E-state index contributed by atoms with van der Waals surface area (Å²) in [4.78, 5) is 30.5. The number of imidazole rings is 1. The molecule has 2 N–H and O–H groups in total. The minimum absolute atomic E-state index is 0.124. The third-order valence-electron chi connectivity index (χ3n) is 3.62. The molecule has 3 aromatic rings. The molecule has 0 aliphatic heterocycles. The van der Waals surface area contributed by atoms with Crippen LogP contribution in [0.25, 0.3) is 17.1 Å². The Labute approximate surface area is 165 Å². The Morgan fingerprint density at radius 1 is 1.18 bits per heavy atom. The van der Waals surface area contributed by atoms with Crippen LogP contribution in [0.3, 0.4) is 0 Å². The molecule has 0 amide bonds. The number of carbonyl (C=O) groups is 2. The second-order valence-electron chi connectivity index (χ2n) is 5.64. The van der Waals surface area contributed by atoms with E-state index in [1.807, 2.05) is 24.3 Å². The molecule has 1 aromatic heterocycles. The van der Waals surface area contributed by atoms with Crippen LogP contribution in [0.5, 0.6) is 5.75 Å². The zero-order chi connectivity index (χ0) is 19.9. The monoisotopic (exact) mass is 398 g/mol. The number of esters is 1. The predicted octanol–water partition coefficient (Wildman–Crippen LogP) is 3.72. The van der Waals surface area contributed by atoms with Gasteiger partial charge in [0.25, 0.3) is 0 Å². The molecule has 0 bridgehead atoms. The molecule has 8 heteroatoms. The van der Waals surface area contributed by atoms with Crippen molar-refractivity contribution in [3.8, 4) is 5.75 Å². The maximum Gasteiger partial charge on any atom is 0.344 e. The molecule has 2 aromatic carbocycles. The molecule has 1 heterocycles.